The first-order chi connectivity index (χ1) is 13.1. The van der Waals surface area contributed by atoms with Gasteiger partial charge in [0.05, 0.1) is 11.9 Å². The molecule has 5 nitrogen and oxygen atoms in total. The molecule has 2 aromatic rings. The van der Waals surface area contributed by atoms with Crippen LogP contribution in [0.1, 0.15) is 37.1 Å². The van der Waals surface area contributed by atoms with Gasteiger partial charge in [-0.3, -0.25) is 4.79 Å². The van der Waals surface area contributed by atoms with Crippen LogP contribution in [-0.2, 0) is 16.1 Å². The van der Waals surface area contributed by atoms with Crippen molar-refractivity contribution in [2.75, 3.05) is 26.8 Å². The molecule has 0 unspecified atom stereocenters. The van der Waals surface area contributed by atoms with Crippen LogP contribution in [0.5, 0.6) is 0 Å². The van der Waals surface area contributed by atoms with Crippen LogP contribution in [0, 0.1) is 6.92 Å². The van der Waals surface area contributed by atoms with E-state index in [1.165, 1.54) is 5.56 Å². The van der Waals surface area contributed by atoms with Crippen LogP contribution in [0.25, 0.3) is 0 Å². The number of hydrogen-bond acceptors (Lipinski definition) is 4. The lowest BCUT2D eigenvalue weighted by molar-refractivity contribution is -0.131. The van der Waals surface area contributed by atoms with E-state index in [0.717, 1.165) is 43.2 Å². The molecule has 2 heterocycles. The van der Waals surface area contributed by atoms with Crippen LogP contribution in [0.15, 0.2) is 41.6 Å². The van der Waals surface area contributed by atoms with Crippen molar-refractivity contribution in [3.8, 4) is 0 Å². The second kappa shape index (κ2) is 9.42. The minimum absolute atomic E-state index is 0.0621. The summed E-state index contributed by atoms with van der Waals surface area (Å²) in [6, 6.07) is 8.37. The van der Waals surface area contributed by atoms with E-state index in [-0.39, 0.29) is 11.2 Å². The van der Waals surface area contributed by atoms with Gasteiger partial charge in [-0.15, -0.1) is 11.8 Å². The second-order valence-electron chi connectivity index (χ2n) is 7.14. The molecular formula is C21H29N3O2S. The van der Waals surface area contributed by atoms with Gasteiger partial charge in [-0.1, -0.05) is 17.7 Å². The number of methoxy groups -OCH3 is 1. The standard InChI is InChI=1S/C21H29N3O2S/c1-16-4-6-19(7-5-16)27-17(2)21(25)24-11-8-18(9-12-24)20-22-10-13-23(20)14-15-26-3/h4-7,10,13,17-18H,8-9,11-12,14-15H2,1-3H3/t17-/m1/s1. The van der Waals surface area contributed by atoms with Crippen molar-refractivity contribution in [2.24, 2.45) is 0 Å². The number of aryl methyl sites for hydroxylation is 1. The molecule has 1 atom stereocenters. The number of imidazole rings is 1. The Hall–Kier alpha value is -1.79. The average Bonchev–Trinajstić information content (AvgIpc) is 3.16. The molecule has 1 saturated heterocycles. The number of benzene rings is 1. The smallest absolute Gasteiger partial charge is 0.235 e. The van der Waals surface area contributed by atoms with Crippen LogP contribution in [0.4, 0.5) is 0 Å². The normalized spacial score (nSPS) is 16.5. The van der Waals surface area contributed by atoms with E-state index in [4.69, 9.17) is 4.74 Å². The molecule has 1 fully saturated rings. The molecule has 0 bridgehead atoms. The summed E-state index contributed by atoms with van der Waals surface area (Å²) in [5.41, 5.74) is 1.24. The summed E-state index contributed by atoms with van der Waals surface area (Å²) >= 11 is 1.64. The van der Waals surface area contributed by atoms with E-state index in [1.54, 1.807) is 18.9 Å². The number of hydrogen-bond donors (Lipinski definition) is 0. The van der Waals surface area contributed by atoms with Gasteiger partial charge in [0.15, 0.2) is 0 Å². The number of ether oxygens (including phenoxy) is 1. The minimum Gasteiger partial charge on any atom is -0.383 e. The monoisotopic (exact) mass is 387 g/mol. The zero-order chi connectivity index (χ0) is 19.2. The fraction of sp³-hybridized carbons (Fsp3) is 0.524. The zero-order valence-electron chi connectivity index (χ0n) is 16.4. The predicted octanol–water partition coefficient (Wildman–Crippen LogP) is 3.72. The lowest BCUT2D eigenvalue weighted by Gasteiger charge is -2.33. The third-order valence-corrected chi connectivity index (χ3v) is 6.24. The van der Waals surface area contributed by atoms with Crippen LogP contribution in [0.3, 0.4) is 0 Å². The van der Waals surface area contributed by atoms with Gasteiger partial charge in [0.1, 0.15) is 5.82 Å². The van der Waals surface area contributed by atoms with Crippen LogP contribution in [-0.4, -0.2) is 52.4 Å². The average molecular weight is 388 g/mol. The fourth-order valence-corrected chi connectivity index (χ4v) is 4.50. The maximum atomic E-state index is 12.8. The van der Waals surface area contributed by atoms with E-state index in [2.05, 4.69) is 40.7 Å². The molecule has 1 aromatic carbocycles. The second-order valence-corrected chi connectivity index (χ2v) is 8.56. The molecule has 146 valence electrons. The molecule has 1 aliphatic rings. The number of amides is 1. The summed E-state index contributed by atoms with van der Waals surface area (Å²) in [4.78, 5) is 20.6. The Bertz CT molecular complexity index is 736. The van der Waals surface area contributed by atoms with Gasteiger partial charge in [-0.2, -0.15) is 0 Å². The maximum absolute atomic E-state index is 12.8. The Morgan fingerprint density at radius 1 is 1.30 bits per heavy atom. The predicted molar refractivity (Wildman–Crippen MR) is 109 cm³/mol. The Kier molecular flexibility index (Phi) is 6.96. The number of nitrogens with zero attached hydrogens (tertiary/aromatic N) is 3. The molecule has 0 radical (unpaired) electrons. The van der Waals surface area contributed by atoms with E-state index < -0.39 is 0 Å². The molecular weight excluding hydrogens is 358 g/mol. The lowest BCUT2D eigenvalue weighted by Crippen LogP contribution is -2.42. The maximum Gasteiger partial charge on any atom is 0.235 e. The number of rotatable bonds is 7. The highest BCUT2D eigenvalue weighted by Gasteiger charge is 2.28. The molecule has 0 saturated carbocycles. The molecule has 1 aliphatic heterocycles. The van der Waals surface area contributed by atoms with Crippen molar-refractivity contribution in [2.45, 2.75) is 49.3 Å². The van der Waals surface area contributed by atoms with Crippen LogP contribution >= 0.6 is 11.8 Å². The highest BCUT2D eigenvalue weighted by Crippen LogP contribution is 2.30. The van der Waals surface area contributed by atoms with E-state index >= 15 is 0 Å². The summed E-state index contributed by atoms with van der Waals surface area (Å²) in [6.45, 7) is 7.21. The fourth-order valence-electron chi connectivity index (χ4n) is 3.55. The summed E-state index contributed by atoms with van der Waals surface area (Å²) in [6.07, 6.45) is 5.82. The highest BCUT2D eigenvalue weighted by atomic mass is 32.2. The number of aromatic nitrogens is 2. The zero-order valence-corrected chi connectivity index (χ0v) is 17.2. The molecule has 27 heavy (non-hydrogen) atoms. The van der Waals surface area contributed by atoms with E-state index in [0.29, 0.717) is 12.5 Å². The highest BCUT2D eigenvalue weighted by molar-refractivity contribution is 8.00. The Morgan fingerprint density at radius 2 is 2.00 bits per heavy atom. The van der Waals surface area contributed by atoms with E-state index in [1.807, 2.05) is 24.2 Å². The van der Waals surface area contributed by atoms with Crippen LogP contribution in [0.2, 0.25) is 0 Å². The molecule has 1 amide bonds. The Morgan fingerprint density at radius 3 is 2.67 bits per heavy atom. The first-order valence-corrected chi connectivity index (χ1v) is 10.5. The van der Waals surface area contributed by atoms with Gasteiger partial charge < -0.3 is 14.2 Å². The number of piperidine rings is 1. The SMILES string of the molecule is COCCn1ccnc1C1CCN(C(=O)[C@@H](C)Sc2ccc(C)cc2)CC1. The summed E-state index contributed by atoms with van der Waals surface area (Å²) in [7, 11) is 1.72. The van der Waals surface area contributed by atoms with Crippen molar-refractivity contribution in [3.63, 3.8) is 0 Å². The molecule has 0 aliphatic carbocycles. The number of thioether (sulfide) groups is 1. The minimum atomic E-state index is -0.0621. The summed E-state index contributed by atoms with van der Waals surface area (Å²) in [5, 5.41) is -0.0621. The third kappa shape index (κ3) is 5.14. The first kappa shape index (κ1) is 20.0. The lowest BCUT2D eigenvalue weighted by atomic mass is 9.95. The Balaban J connectivity index is 1.53. The number of carbonyl (C=O) groups excluding carboxylic acids is 1. The van der Waals surface area contributed by atoms with Gasteiger partial charge >= 0.3 is 0 Å². The number of likely N-dealkylation sites (tertiary alicyclic amines) is 1. The molecule has 0 spiro atoms. The van der Waals surface area contributed by atoms with Gasteiger partial charge in [0.25, 0.3) is 0 Å². The third-order valence-electron chi connectivity index (χ3n) is 5.14. The Labute approximate surface area is 166 Å². The number of carbonyl (C=O) groups is 1. The van der Waals surface area contributed by atoms with Crippen molar-refractivity contribution < 1.29 is 9.53 Å². The molecule has 0 N–H and O–H groups in total. The largest absolute Gasteiger partial charge is 0.383 e. The van der Waals surface area contributed by atoms with Crippen LogP contribution < -0.4 is 0 Å². The summed E-state index contributed by atoms with van der Waals surface area (Å²) in [5.74, 6) is 1.78. The van der Waals surface area contributed by atoms with Crippen molar-refractivity contribution in [1.82, 2.24) is 14.5 Å². The first-order valence-electron chi connectivity index (χ1n) is 9.60. The molecule has 3 rings (SSSR count). The van der Waals surface area contributed by atoms with E-state index in [9.17, 15) is 4.79 Å². The quantitative estimate of drug-likeness (QED) is 0.679. The van der Waals surface area contributed by atoms with Gasteiger partial charge in [-0.05, 0) is 38.8 Å². The summed E-state index contributed by atoms with van der Waals surface area (Å²) < 4.78 is 7.37. The van der Waals surface area contributed by atoms with Gasteiger partial charge in [-0.25, -0.2) is 4.98 Å². The van der Waals surface area contributed by atoms with Gasteiger partial charge in [0, 0.05) is 50.0 Å². The van der Waals surface area contributed by atoms with Gasteiger partial charge in [0.2, 0.25) is 5.91 Å². The molecule has 1 aromatic heterocycles. The van der Waals surface area contributed by atoms with Crippen molar-refractivity contribution >= 4 is 17.7 Å². The van der Waals surface area contributed by atoms with Crippen molar-refractivity contribution in [1.29, 1.82) is 0 Å². The molecule has 6 heteroatoms. The van der Waals surface area contributed by atoms with Crippen molar-refractivity contribution in [3.05, 3.63) is 48.0 Å². The topological polar surface area (TPSA) is 47.4 Å².